The monoisotopic (exact) mass is 464 g/mol. The van der Waals surface area contributed by atoms with E-state index >= 15 is 0 Å². The number of hydrogen-bond donors (Lipinski definition) is 1. The average Bonchev–Trinajstić information content (AvgIpc) is 3.01. The second-order valence-corrected chi connectivity index (χ2v) is 9.30. The van der Waals surface area contributed by atoms with Crippen LogP contribution in [0.5, 0.6) is 0 Å². The lowest BCUT2D eigenvalue weighted by atomic mass is 9.92. The summed E-state index contributed by atoms with van der Waals surface area (Å²) in [5.41, 5.74) is 4.00. The molecular formula is C23H17BrN2O2S. The first-order valence-electron chi connectivity index (χ1n) is 9.24. The van der Waals surface area contributed by atoms with E-state index in [4.69, 9.17) is 0 Å². The summed E-state index contributed by atoms with van der Waals surface area (Å²) in [5.74, 6) is 0.628. The Balaban J connectivity index is 1.91. The van der Waals surface area contributed by atoms with Gasteiger partial charge in [0.25, 0.3) is 5.56 Å². The first kappa shape index (κ1) is 18.3. The van der Waals surface area contributed by atoms with Gasteiger partial charge in [0.1, 0.15) is 16.4 Å². The number of hydrogen-bond acceptors (Lipinski definition) is 4. The van der Waals surface area contributed by atoms with Crippen LogP contribution in [0.25, 0.3) is 21.5 Å². The van der Waals surface area contributed by atoms with Crippen LogP contribution in [0.3, 0.4) is 0 Å². The van der Waals surface area contributed by atoms with Gasteiger partial charge in [-0.05, 0) is 42.7 Å². The van der Waals surface area contributed by atoms with Crippen molar-refractivity contribution in [3.8, 4) is 0 Å². The Kier molecular flexibility index (Phi) is 4.22. The predicted octanol–water partition coefficient (Wildman–Crippen LogP) is 5.67. The molecule has 6 heteroatoms. The number of halogens is 1. The highest BCUT2D eigenvalue weighted by Crippen LogP contribution is 2.39. The van der Waals surface area contributed by atoms with Crippen molar-refractivity contribution >= 4 is 48.8 Å². The smallest absolute Gasteiger partial charge is 0.282 e. The van der Waals surface area contributed by atoms with Crippen LogP contribution in [0.1, 0.15) is 33.0 Å². The molecule has 0 aliphatic carbocycles. The normalized spacial score (nSPS) is 14.6. The molecule has 144 valence electrons. The highest BCUT2D eigenvalue weighted by atomic mass is 79.9. The maximum atomic E-state index is 12.9. The molecule has 1 N–H and O–H groups in total. The molecule has 0 saturated carbocycles. The number of aliphatic hydroxyl groups is 1. The third kappa shape index (κ3) is 2.78. The molecule has 1 aliphatic rings. The van der Waals surface area contributed by atoms with Crippen molar-refractivity contribution < 1.29 is 5.11 Å². The van der Waals surface area contributed by atoms with Crippen molar-refractivity contribution in [1.82, 2.24) is 9.55 Å². The molecule has 0 unspecified atom stereocenters. The molecule has 0 spiro atoms. The lowest BCUT2D eigenvalue weighted by molar-refractivity contribution is 0.512. The minimum Gasteiger partial charge on any atom is -0.507 e. The zero-order valence-corrected chi connectivity index (χ0v) is 18.3. The summed E-state index contributed by atoms with van der Waals surface area (Å²) in [7, 11) is 0. The predicted molar refractivity (Wildman–Crippen MR) is 122 cm³/mol. The van der Waals surface area contributed by atoms with E-state index in [0.717, 1.165) is 30.9 Å². The molecule has 5 rings (SSSR count). The highest BCUT2D eigenvalue weighted by molar-refractivity contribution is 9.10. The molecule has 0 fully saturated rings. The topological polar surface area (TPSA) is 55.1 Å². The van der Waals surface area contributed by atoms with Crippen molar-refractivity contribution in [3.63, 3.8) is 0 Å². The fourth-order valence-corrected chi connectivity index (χ4v) is 5.45. The van der Waals surface area contributed by atoms with Crippen molar-refractivity contribution in [2.75, 3.05) is 0 Å². The molecule has 2 aromatic carbocycles. The van der Waals surface area contributed by atoms with E-state index < -0.39 is 0 Å². The van der Waals surface area contributed by atoms with Crippen LogP contribution in [-0.2, 0) is 6.54 Å². The van der Waals surface area contributed by atoms with Gasteiger partial charge < -0.3 is 9.67 Å². The Hall–Kier alpha value is -2.70. The van der Waals surface area contributed by atoms with Gasteiger partial charge in [-0.25, -0.2) is 0 Å². The van der Waals surface area contributed by atoms with Crippen LogP contribution in [0.4, 0.5) is 0 Å². The van der Waals surface area contributed by atoms with Crippen LogP contribution in [0.15, 0.2) is 57.8 Å². The first-order chi connectivity index (χ1) is 14.0. The molecular weight excluding hydrogens is 448 g/mol. The zero-order chi connectivity index (χ0) is 20.3. The molecule has 4 nitrogen and oxygen atoms in total. The molecule has 0 atom stereocenters. The van der Waals surface area contributed by atoms with Gasteiger partial charge in [-0.1, -0.05) is 52.3 Å². The lowest BCUT2D eigenvalue weighted by Gasteiger charge is -2.25. The van der Waals surface area contributed by atoms with Crippen LogP contribution >= 0.6 is 27.3 Å². The number of nitrogens with zero attached hydrogens (tertiary/aromatic N) is 2. The fraction of sp³-hybridized carbons (Fsp3) is 0.130. The molecule has 0 bridgehead atoms. The number of aryl methyl sites for hydroxylation is 2. The summed E-state index contributed by atoms with van der Waals surface area (Å²) in [6.07, 6.45) is 0. The second kappa shape index (κ2) is 6.68. The number of aliphatic hydroxyl groups excluding tert-OH is 1. The summed E-state index contributed by atoms with van der Waals surface area (Å²) in [6, 6.07) is 15.5. The Morgan fingerprint density at radius 3 is 2.76 bits per heavy atom. The molecule has 0 radical (unpaired) electrons. The average molecular weight is 465 g/mol. The Labute approximate surface area is 179 Å². The van der Waals surface area contributed by atoms with Crippen LogP contribution in [0, 0.1) is 13.8 Å². The summed E-state index contributed by atoms with van der Waals surface area (Å²) in [4.78, 5) is 19.4. The summed E-state index contributed by atoms with van der Waals surface area (Å²) in [6.45, 7) is 4.61. The van der Waals surface area contributed by atoms with E-state index in [0.29, 0.717) is 28.9 Å². The van der Waals surface area contributed by atoms with Crippen molar-refractivity contribution in [3.05, 3.63) is 96.3 Å². The summed E-state index contributed by atoms with van der Waals surface area (Å²) < 4.78 is 2.93. The van der Waals surface area contributed by atoms with Gasteiger partial charge in [0.15, 0.2) is 0 Å². The number of aromatic nitrogens is 2. The van der Waals surface area contributed by atoms with Crippen LogP contribution in [-0.4, -0.2) is 14.7 Å². The van der Waals surface area contributed by atoms with Crippen LogP contribution in [0.2, 0.25) is 0 Å². The molecule has 4 aromatic rings. The van der Waals surface area contributed by atoms with E-state index in [2.05, 4.69) is 31.5 Å². The maximum Gasteiger partial charge on any atom is 0.282 e. The van der Waals surface area contributed by atoms with Gasteiger partial charge in [-0.2, -0.15) is 4.98 Å². The van der Waals surface area contributed by atoms with Crippen molar-refractivity contribution in [2.45, 2.75) is 20.4 Å². The first-order valence-corrected chi connectivity index (χ1v) is 10.8. The lowest BCUT2D eigenvalue weighted by Crippen LogP contribution is -2.23. The fourth-order valence-electron chi connectivity index (χ4n) is 3.90. The Morgan fingerprint density at radius 1 is 1.17 bits per heavy atom. The SMILES string of the molecule is Cc1sc2c(c1C)c(=O)nc1n2Cc2ccccc2C1=C(O)c1cccc(Br)c1. The molecule has 0 saturated heterocycles. The molecule has 2 aromatic heterocycles. The molecule has 0 amide bonds. The van der Waals surface area contributed by atoms with E-state index in [1.54, 1.807) is 11.3 Å². The third-order valence-corrected chi connectivity index (χ3v) is 7.19. The third-order valence-electron chi connectivity index (χ3n) is 5.46. The number of thiophene rings is 1. The van der Waals surface area contributed by atoms with Crippen molar-refractivity contribution in [1.29, 1.82) is 0 Å². The van der Waals surface area contributed by atoms with E-state index in [1.807, 2.05) is 56.3 Å². The quantitative estimate of drug-likeness (QED) is 0.325. The van der Waals surface area contributed by atoms with Gasteiger partial charge in [0.2, 0.25) is 0 Å². The molecule has 3 heterocycles. The zero-order valence-electron chi connectivity index (χ0n) is 15.9. The van der Waals surface area contributed by atoms with Gasteiger partial charge in [-0.15, -0.1) is 11.3 Å². The van der Waals surface area contributed by atoms with E-state index in [-0.39, 0.29) is 11.3 Å². The Bertz CT molecular complexity index is 1400. The second-order valence-electron chi connectivity index (χ2n) is 7.18. The summed E-state index contributed by atoms with van der Waals surface area (Å²) >= 11 is 5.08. The molecule has 1 aliphatic heterocycles. The van der Waals surface area contributed by atoms with Gasteiger partial charge in [0, 0.05) is 14.9 Å². The number of rotatable bonds is 1. The van der Waals surface area contributed by atoms with Crippen LogP contribution < -0.4 is 5.56 Å². The van der Waals surface area contributed by atoms with Gasteiger partial charge >= 0.3 is 0 Å². The maximum absolute atomic E-state index is 12.9. The standard InChI is InChI=1S/C23H17BrN2O2S/c1-12-13(2)29-23-18(12)22(28)25-21-19(20(27)14-7-5-8-16(24)10-14)17-9-4-3-6-15(17)11-26(21)23/h3-10,27H,11H2,1-2H3. The van der Waals surface area contributed by atoms with E-state index in [9.17, 15) is 9.90 Å². The number of fused-ring (bicyclic) bond motifs is 4. The van der Waals surface area contributed by atoms with Crippen molar-refractivity contribution in [2.24, 2.45) is 0 Å². The molecule has 29 heavy (non-hydrogen) atoms. The Morgan fingerprint density at radius 2 is 1.97 bits per heavy atom. The minimum atomic E-state index is -0.243. The highest BCUT2D eigenvalue weighted by Gasteiger charge is 2.28. The van der Waals surface area contributed by atoms with E-state index in [1.165, 1.54) is 0 Å². The number of benzene rings is 2. The van der Waals surface area contributed by atoms with Gasteiger partial charge in [-0.3, -0.25) is 4.79 Å². The summed E-state index contributed by atoms with van der Waals surface area (Å²) in [5, 5.41) is 12.0. The minimum absolute atomic E-state index is 0.114. The largest absolute Gasteiger partial charge is 0.507 e. The van der Waals surface area contributed by atoms with Gasteiger partial charge in [0.05, 0.1) is 17.5 Å².